The van der Waals surface area contributed by atoms with Crippen molar-refractivity contribution < 1.29 is 33.4 Å². The third-order valence-corrected chi connectivity index (χ3v) is 5.59. The molecule has 0 saturated carbocycles. The van der Waals surface area contributed by atoms with Crippen molar-refractivity contribution in [1.82, 2.24) is 21.3 Å². The average Bonchev–Trinajstić information content (AvgIpc) is 2.79. The van der Waals surface area contributed by atoms with Gasteiger partial charge in [-0.05, 0) is 51.2 Å². The number of ether oxygens (including phenoxy) is 2. The fourth-order valence-corrected chi connectivity index (χ4v) is 3.94. The number of hydrogen-bond donors (Lipinski definition) is 4. The predicted molar refractivity (Wildman–Crippen MR) is 135 cm³/mol. The zero-order valence-electron chi connectivity index (χ0n) is 22.1. The fourth-order valence-electron chi connectivity index (χ4n) is 3.94. The number of esters is 1. The Balaban J connectivity index is 2.34. The molecule has 11 heteroatoms. The molecule has 0 aromatic heterocycles. The molecule has 1 heterocycles. The van der Waals surface area contributed by atoms with Crippen LogP contribution in [-0.4, -0.2) is 67.2 Å². The van der Waals surface area contributed by atoms with Gasteiger partial charge in [-0.25, -0.2) is 9.59 Å². The molecule has 4 amide bonds. The van der Waals surface area contributed by atoms with E-state index in [0.29, 0.717) is 19.4 Å². The highest BCUT2D eigenvalue weighted by atomic mass is 16.6. The van der Waals surface area contributed by atoms with E-state index in [4.69, 9.17) is 9.47 Å². The zero-order valence-corrected chi connectivity index (χ0v) is 22.1. The minimum absolute atomic E-state index is 0.127. The summed E-state index contributed by atoms with van der Waals surface area (Å²) in [6, 6.07) is 4.46. The molecule has 0 fully saturated rings. The minimum atomic E-state index is -1.00. The Labute approximate surface area is 217 Å². The maximum atomic E-state index is 13.2. The van der Waals surface area contributed by atoms with E-state index in [9.17, 15) is 24.0 Å². The monoisotopic (exact) mass is 518 g/mol. The van der Waals surface area contributed by atoms with Crippen molar-refractivity contribution >= 4 is 29.8 Å². The summed E-state index contributed by atoms with van der Waals surface area (Å²) in [6.07, 6.45) is 0.892. The van der Waals surface area contributed by atoms with Crippen LogP contribution in [0.15, 0.2) is 24.3 Å². The van der Waals surface area contributed by atoms with E-state index >= 15 is 0 Å². The molecular weight excluding hydrogens is 480 g/mol. The van der Waals surface area contributed by atoms with E-state index in [1.54, 1.807) is 32.9 Å². The lowest BCUT2D eigenvalue weighted by Crippen LogP contribution is -2.53. The smallest absolute Gasteiger partial charge is 0.408 e. The molecule has 1 aliphatic heterocycles. The molecule has 1 aromatic carbocycles. The maximum absolute atomic E-state index is 13.2. The summed E-state index contributed by atoms with van der Waals surface area (Å²) in [6.45, 7) is 6.81. The summed E-state index contributed by atoms with van der Waals surface area (Å²) < 4.78 is 10.2. The SMILES string of the molecule is COC(=O)C1Cc2cccc(c2)C[C@H](NC(C)=O)C(=O)NCCCCC(NC(=O)OC(C)(C)C)C(=O)N1. The molecule has 0 aliphatic carbocycles. The summed E-state index contributed by atoms with van der Waals surface area (Å²) in [5.41, 5.74) is 0.740. The van der Waals surface area contributed by atoms with Gasteiger partial charge in [-0.15, -0.1) is 0 Å². The van der Waals surface area contributed by atoms with E-state index in [2.05, 4.69) is 21.3 Å². The van der Waals surface area contributed by atoms with Gasteiger partial charge in [0.25, 0.3) is 0 Å². The number of nitrogens with one attached hydrogen (secondary N) is 4. The van der Waals surface area contributed by atoms with E-state index in [-0.39, 0.29) is 31.1 Å². The first-order valence-corrected chi connectivity index (χ1v) is 12.4. The minimum Gasteiger partial charge on any atom is -0.467 e. The normalized spacial score (nSPS) is 21.6. The van der Waals surface area contributed by atoms with Gasteiger partial charge in [-0.2, -0.15) is 0 Å². The summed E-state index contributed by atoms with van der Waals surface area (Å²) in [4.78, 5) is 62.6. The topological polar surface area (TPSA) is 152 Å². The summed E-state index contributed by atoms with van der Waals surface area (Å²) >= 11 is 0. The van der Waals surface area contributed by atoms with Crippen LogP contribution in [0.4, 0.5) is 4.79 Å². The molecule has 11 nitrogen and oxygen atoms in total. The Hall–Kier alpha value is -3.63. The quantitative estimate of drug-likeness (QED) is 0.438. The number of benzene rings is 1. The van der Waals surface area contributed by atoms with Gasteiger partial charge in [-0.3, -0.25) is 14.4 Å². The van der Waals surface area contributed by atoms with Crippen LogP contribution >= 0.6 is 0 Å². The van der Waals surface area contributed by atoms with E-state index in [1.165, 1.54) is 14.0 Å². The van der Waals surface area contributed by atoms with Gasteiger partial charge in [0.05, 0.1) is 7.11 Å². The molecule has 2 rings (SSSR count). The highest BCUT2D eigenvalue weighted by molar-refractivity contribution is 5.90. The molecule has 37 heavy (non-hydrogen) atoms. The van der Waals surface area contributed by atoms with Crippen molar-refractivity contribution in [3.8, 4) is 0 Å². The van der Waals surface area contributed by atoms with Gasteiger partial charge in [0.1, 0.15) is 23.7 Å². The van der Waals surface area contributed by atoms with Crippen LogP contribution in [-0.2, 0) is 41.5 Å². The van der Waals surface area contributed by atoms with Crippen LogP contribution in [0.3, 0.4) is 0 Å². The first kappa shape index (κ1) is 29.6. The molecule has 2 unspecified atom stereocenters. The highest BCUT2D eigenvalue weighted by Crippen LogP contribution is 2.13. The van der Waals surface area contributed by atoms with Crippen molar-refractivity contribution in [1.29, 1.82) is 0 Å². The number of rotatable bonds is 3. The van der Waals surface area contributed by atoms with E-state index < -0.39 is 41.7 Å². The second kappa shape index (κ2) is 13.6. The maximum Gasteiger partial charge on any atom is 0.408 e. The Morgan fingerprint density at radius 1 is 0.973 bits per heavy atom. The van der Waals surface area contributed by atoms with Crippen LogP contribution < -0.4 is 21.3 Å². The highest BCUT2D eigenvalue weighted by Gasteiger charge is 2.29. The predicted octanol–water partition coefficient (Wildman–Crippen LogP) is 1.13. The second-order valence-corrected chi connectivity index (χ2v) is 10.1. The second-order valence-electron chi connectivity index (χ2n) is 10.1. The number of carbonyl (C=O) groups excluding carboxylic acids is 5. The lowest BCUT2D eigenvalue weighted by molar-refractivity contribution is -0.145. The molecule has 204 valence electrons. The van der Waals surface area contributed by atoms with Crippen LogP contribution in [0, 0.1) is 0 Å². The molecule has 3 atom stereocenters. The van der Waals surface area contributed by atoms with Gasteiger partial charge in [-0.1, -0.05) is 24.3 Å². The Morgan fingerprint density at radius 3 is 2.27 bits per heavy atom. The average molecular weight is 519 g/mol. The van der Waals surface area contributed by atoms with Crippen LogP contribution in [0.5, 0.6) is 0 Å². The van der Waals surface area contributed by atoms with Crippen LogP contribution in [0.2, 0.25) is 0 Å². The standard InChI is InChI=1S/C26H38N4O7/c1-16(31)28-20-14-17-9-8-10-18(13-17)15-21(24(34)36-5)29-23(33)19(11-6-7-12-27-22(20)32)30-25(35)37-26(2,3)4/h8-10,13,19-21H,6-7,11-12,14-15H2,1-5H3,(H,27,32)(H,28,31)(H,29,33)(H,30,35)/t19?,20-,21?/m0/s1. The first-order chi connectivity index (χ1) is 17.4. The van der Waals surface area contributed by atoms with Gasteiger partial charge in [0.2, 0.25) is 17.7 Å². The Kier molecular flexibility index (Phi) is 10.9. The number of carbonyl (C=O) groups is 5. The lowest BCUT2D eigenvalue weighted by atomic mass is 9.98. The lowest BCUT2D eigenvalue weighted by Gasteiger charge is -2.25. The summed E-state index contributed by atoms with van der Waals surface area (Å²) in [5, 5.41) is 10.8. The third kappa shape index (κ3) is 10.5. The molecule has 0 spiro atoms. The Morgan fingerprint density at radius 2 is 1.65 bits per heavy atom. The van der Waals surface area contributed by atoms with Crippen molar-refractivity contribution in [2.45, 2.75) is 83.5 Å². The van der Waals surface area contributed by atoms with Crippen molar-refractivity contribution in [3.05, 3.63) is 35.4 Å². The van der Waals surface area contributed by atoms with Crippen molar-refractivity contribution in [3.63, 3.8) is 0 Å². The molecule has 0 radical (unpaired) electrons. The molecule has 1 aliphatic rings. The van der Waals surface area contributed by atoms with Gasteiger partial charge in [0.15, 0.2) is 0 Å². The molecular formula is C26H38N4O7. The number of hydrogen-bond acceptors (Lipinski definition) is 7. The van der Waals surface area contributed by atoms with E-state index in [0.717, 1.165) is 11.1 Å². The third-order valence-electron chi connectivity index (χ3n) is 5.59. The summed E-state index contributed by atoms with van der Waals surface area (Å²) in [7, 11) is 1.23. The van der Waals surface area contributed by atoms with E-state index in [1.807, 2.05) is 12.1 Å². The number of alkyl carbamates (subject to hydrolysis) is 1. The largest absolute Gasteiger partial charge is 0.467 e. The van der Waals surface area contributed by atoms with Gasteiger partial charge >= 0.3 is 12.1 Å². The zero-order chi connectivity index (χ0) is 27.6. The molecule has 0 saturated heterocycles. The summed E-state index contributed by atoms with van der Waals surface area (Å²) in [5.74, 6) is -1.82. The van der Waals surface area contributed by atoms with Crippen molar-refractivity contribution in [2.75, 3.05) is 13.7 Å². The van der Waals surface area contributed by atoms with Crippen LogP contribution in [0.1, 0.15) is 58.1 Å². The molecule has 1 aromatic rings. The number of methoxy groups -OCH3 is 1. The van der Waals surface area contributed by atoms with Gasteiger partial charge in [0, 0.05) is 26.3 Å². The van der Waals surface area contributed by atoms with Gasteiger partial charge < -0.3 is 30.7 Å². The number of fused-ring (bicyclic) bond motifs is 2. The fraction of sp³-hybridized carbons (Fsp3) is 0.577. The molecule has 4 N–H and O–H groups in total. The van der Waals surface area contributed by atoms with Crippen LogP contribution in [0.25, 0.3) is 0 Å². The Bertz CT molecular complexity index is 989. The first-order valence-electron chi connectivity index (χ1n) is 12.4. The molecule has 2 bridgehead atoms. The number of amides is 4. The van der Waals surface area contributed by atoms with Crippen molar-refractivity contribution in [2.24, 2.45) is 0 Å².